The first-order valence-electron chi connectivity index (χ1n) is 6.83. The highest BCUT2D eigenvalue weighted by Crippen LogP contribution is 2.17. The number of aryl methyl sites for hydroxylation is 1. The molecule has 4 nitrogen and oxygen atoms in total. The monoisotopic (exact) mass is 257 g/mol. The molecule has 100 valence electrons. The van der Waals surface area contributed by atoms with Gasteiger partial charge in [0.15, 0.2) is 0 Å². The van der Waals surface area contributed by atoms with Crippen molar-refractivity contribution < 1.29 is 4.79 Å². The van der Waals surface area contributed by atoms with Crippen LogP contribution in [0.2, 0.25) is 0 Å². The van der Waals surface area contributed by atoms with Crippen LogP contribution >= 0.6 is 0 Å². The average Bonchev–Trinajstić information content (AvgIpc) is 3.04. The van der Waals surface area contributed by atoms with Crippen molar-refractivity contribution in [2.75, 3.05) is 13.1 Å². The van der Waals surface area contributed by atoms with E-state index >= 15 is 0 Å². The van der Waals surface area contributed by atoms with E-state index in [1.165, 1.54) is 10.9 Å². The summed E-state index contributed by atoms with van der Waals surface area (Å²) in [4.78, 5) is 17.1. The molecule has 0 saturated carbocycles. The van der Waals surface area contributed by atoms with Crippen LogP contribution in [0.4, 0.5) is 4.79 Å². The van der Waals surface area contributed by atoms with Gasteiger partial charge in [0.05, 0.1) is 6.54 Å². The topological polar surface area (TPSA) is 48.1 Å². The summed E-state index contributed by atoms with van der Waals surface area (Å²) in [5, 5.41) is 4.16. The fourth-order valence-electron chi connectivity index (χ4n) is 2.60. The van der Waals surface area contributed by atoms with Crippen molar-refractivity contribution in [1.29, 1.82) is 0 Å². The van der Waals surface area contributed by atoms with E-state index in [-0.39, 0.29) is 6.03 Å². The van der Waals surface area contributed by atoms with E-state index in [2.05, 4.69) is 41.5 Å². The number of nitrogens with one attached hydrogen (secondary N) is 2. The molecule has 1 aromatic heterocycles. The lowest BCUT2D eigenvalue weighted by atomic mass is 10.2. The number of likely N-dealkylation sites (tertiary alicyclic amines) is 1. The van der Waals surface area contributed by atoms with E-state index in [4.69, 9.17) is 0 Å². The van der Waals surface area contributed by atoms with E-state index in [9.17, 15) is 4.79 Å². The maximum absolute atomic E-state index is 11.9. The maximum atomic E-state index is 11.9. The summed E-state index contributed by atoms with van der Waals surface area (Å²) in [6, 6.07) is 8.47. The number of nitrogens with zero attached hydrogens (tertiary/aromatic N) is 1. The number of hydrogen-bond acceptors (Lipinski definition) is 1. The second-order valence-corrected chi connectivity index (χ2v) is 5.24. The number of H-pyrrole nitrogens is 1. The van der Waals surface area contributed by atoms with Crippen molar-refractivity contribution in [3.63, 3.8) is 0 Å². The molecule has 2 amide bonds. The largest absolute Gasteiger partial charge is 0.357 e. The van der Waals surface area contributed by atoms with Gasteiger partial charge in [-0.1, -0.05) is 12.1 Å². The Kier molecular flexibility index (Phi) is 3.15. The summed E-state index contributed by atoms with van der Waals surface area (Å²) in [6.45, 7) is 4.41. The molecule has 0 radical (unpaired) electrons. The van der Waals surface area contributed by atoms with Gasteiger partial charge in [0, 0.05) is 24.3 Å². The van der Waals surface area contributed by atoms with Crippen LogP contribution in [0.5, 0.6) is 0 Å². The summed E-state index contributed by atoms with van der Waals surface area (Å²) >= 11 is 0. The number of carbonyl (C=O) groups excluding carboxylic acids is 1. The fraction of sp³-hybridized carbons (Fsp3) is 0.400. The minimum Gasteiger partial charge on any atom is -0.357 e. The summed E-state index contributed by atoms with van der Waals surface area (Å²) < 4.78 is 0. The number of rotatable bonds is 2. The van der Waals surface area contributed by atoms with E-state index in [1.54, 1.807) is 0 Å². The molecule has 0 atom stereocenters. The summed E-state index contributed by atoms with van der Waals surface area (Å²) in [7, 11) is 0. The van der Waals surface area contributed by atoms with Crippen molar-refractivity contribution in [2.24, 2.45) is 0 Å². The smallest absolute Gasteiger partial charge is 0.317 e. The van der Waals surface area contributed by atoms with Gasteiger partial charge < -0.3 is 15.2 Å². The molecule has 1 fully saturated rings. The fourth-order valence-corrected chi connectivity index (χ4v) is 2.60. The van der Waals surface area contributed by atoms with Gasteiger partial charge in [0.25, 0.3) is 0 Å². The van der Waals surface area contributed by atoms with Gasteiger partial charge in [-0.05, 0) is 42.8 Å². The molecule has 2 aromatic rings. The molecule has 2 N–H and O–H groups in total. The second-order valence-electron chi connectivity index (χ2n) is 5.24. The Balaban J connectivity index is 1.66. The Labute approximate surface area is 112 Å². The zero-order valence-corrected chi connectivity index (χ0v) is 11.2. The number of aromatic amines is 1. The number of hydrogen-bond donors (Lipinski definition) is 2. The molecule has 1 saturated heterocycles. The third-order valence-electron chi connectivity index (χ3n) is 3.66. The first-order valence-corrected chi connectivity index (χ1v) is 6.83. The van der Waals surface area contributed by atoms with E-state index < -0.39 is 0 Å². The summed E-state index contributed by atoms with van der Waals surface area (Å²) in [5.74, 6) is 0. The molecule has 4 heteroatoms. The van der Waals surface area contributed by atoms with Crippen LogP contribution in [-0.2, 0) is 6.54 Å². The van der Waals surface area contributed by atoms with Gasteiger partial charge in [-0.25, -0.2) is 4.79 Å². The lowest BCUT2D eigenvalue weighted by Gasteiger charge is -2.15. The summed E-state index contributed by atoms with van der Waals surface area (Å²) in [5.41, 5.74) is 3.42. The first kappa shape index (κ1) is 12.1. The van der Waals surface area contributed by atoms with E-state index in [0.717, 1.165) is 37.1 Å². The molecular formula is C15H19N3O. The van der Waals surface area contributed by atoms with Crippen LogP contribution in [0, 0.1) is 6.92 Å². The Morgan fingerprint density at radius 3 is 2.89 bits per heavy atom. The van der Waals surface area contributed by atoms with Crippen molar-refractivity contribution in [3.8, 4) is 0 Å². The summed E-state index contributed by atoms with van der Waals surface area (Å²) in [6.07, 6.45) is 2.25. The molecular weight excluding hydrogens is 238 g/mol. The molecule has 0 aliphatic carbocycles. The zero-order valence-electron chi connectivity index (χ0n) is 11.2. The van der Waals surface area contributed by atoms with Crippen molar-refractivity contribution >= 4 is 16.9 Å². The van der Waals surface area contributed by atoms with Crippen LogP contribution < -0.4 is 5.32 Å². The molecule has 1 aliphatic rings. The highest BCUT2D eigenvalue weighted by atomic mass is 16.2. The van der Waals surface area contributed by atoms with Crippen molar-refractivity contribution in [3.05, 3.63) is 35.5 Å². The van der Waals surface area contributed by atoms with Crippen LogP contribution in [0.15, 0.2) is 24.3 Å². The number of fused-ring (bicyclic) bond motifs is 1. The maximum Gasteiger partial charge on any atom is 0.317 e. The SMILES string of the molecule is Cc1ccc2cc(CNC(=O)N3CCCC3)[nH]c2c1. The molecule has 0 spiro atoms. The molecule has 19 heavy (non-hydrogen) atoms. The number of amides is 2. The Morgan fingerprint density at radius 2 is 2.11 bits per heavy atom. The minimum atomic E-state index is 0.0485. The van der Waals surface area contributed by atoms with Gasteiger partial charge in [-0.2, -0.15) is 0 Å². The van der Waals surface area contributed by atoms with Gasteiger partial charge in [-0.15, -0.1) is 0 Å². The molecule has 0 bridgehead atoms. The quantitative estimate of drug-likeness (QED) is 0.854. The van der Waals surface area contributed by atoms with Gasteiger partial charge >= 0.3 is 6.03 Å². The molecule has 0 unspecified atom stereocenters. The second kappa shape index (κ2) is 4.96. The number of benzene rings is 1. The zero-order chi connectivity index (χ0) is 13.2. The highest BCUT2D eigenvalue weighted by Gasteiger charge is 2.17. The van der Waals surface area contributed by atoms with Gasteiger partial charge in [0.2, 0.25) is 0 Å². The van der Waals surface area contributed by atoms with Crippen LogP contribution in [0.1, 0.15) is 24.1 Å². The predicted octanol–water partition coefficient (Wildman–Crippen LogP) is 2.78. The minimum absolute atomic E-state index is 0.0485. The predicted molar refractivity (Wildman–Crippen MR) is 76.1 cm³/mol. The Hall–Kier alpha value is -1.97. The number of carbonyl (C=O) groups is 1. The van der Waals surface area contributed by atoms with Gasteiger partial charge in [-0.3, -0.25) is 0 Å². The Bertz CT molecular complexity index is 596. The van der Waals surface area contributed by atoms with Crippen molar-refractivity contribution in [1.82, 2.24) is 15.2 Å². The van der Waals surface area contributed by atoms with Crippen molar-refractivity contribution in [2.45, 2.75) is 26.3 Å². The molecule has 3 rings (SSSR count). The number of urea groups is 1. The standard InChI is InChI=1S/C15H19N3O/c1-11-4-5-12-9-13(17-14(12)8-11)10-16-15(19)18-6-2-3-7-18/h4-5,8-9,17H,2-3,6-7,10H2,1H3,(H,16,19). The third-order valence-corrected chi connectivity index (χ3v) is 3.66. The normalized spacial score (nSPS) is 15.1. The molecule has 1 aliphatic heterocycles. The lowest BCUT2D eigenvalue weighted by molar-refractivity contribution is 0.208. The van der Waals surface area contributed by atoms with E-state index in [1.807, 2.05) is 4.90 Å². The van der Waals surface area contributed by atoms with Crippen LogP contribution in [0.3, 0.4) is 0 Å². The number of aromatic nitrogens is 1. The van der Waals surface area contributed by atoms with E-state index in [0.29, 0.717) is 6.54 Å². The van der Waals surface area contributed by atoms with Crippen LogP contribution in [0.25, 0.3) is 10.9 Å². The van der Waals surface area contributed by atoms with Crippen LogP contribution in [-0.4, -0.2) is 29.0 Å². The van der Waals surface area contributed by atoms with Gasteiger partial charge in [0.1, 0.15) is 0 Å². The average molecular weight is 257 g/mol. The first-order chi connectivity index (χ1) is 9.22. The lowest BCUT2D eigenvalue weighted by Crippen LogP contribution is -2.37. The molecule has 2 heterocycles. The third kappa shape index (κ3) is 2.57. The highest BCUT2D eigenvalue weighted by molar-refractivity contribution is 5.81. The molecule has 1 aromatic carbocycles. The Morgan fingerprint density at radius 1 is 1.32 bits per heavy atom.